The Kier molecular flexibility index (Phi) is 3.36. The number of nitrogens with zero attached hydrogens (tertiary/aromatic N) is 1. The van der Waals surface area contributed by atoms with Gasteiger partial charge in [0.2, 0.25) is 0 Å². The minimum absolute atomic E-state index is 0.391. The van der Waals surface area contributed by atoms with Crippen molar-refractivity contribution < 1.29 is 4.74 Å². The van der Waals surface area contributed by atoms with Crippen LogP contribution in [0.3, 0.4) is 0 Å². The third-order valence-electron chi connectivity index (χ3n) is 4.06. The molecule has 1 saturated carbocycles. The maximum atomic E-state index is 5.88. The van der Waals surface area contributed by atoms with Crippen LogP contribution >= 0.6 is 0 Å². The first kappa shape index (κ1) is 11.4. The molecule has 1 aliphatic carbocycles. The fraction of sp³-hybridized carbons (Fsp3) is 1.00. The lowest BCUT2D eigenvalue weighted by Crippen LogP contribution is -2.45. The third kappa shape index (κ3) is 2.54. The Labute approximate surface area is 94.0 Å². The van der Waals surface area contributed by atoms with Crippen LogP contribution in [-0.4, -0.2) is 35.7 Å². The first-order valence-electron chi connectivity index (χ1n) is 6.57. The van der Waals surface area contributed by atoms with Crippen LogP contribution in [0.1, 0.15) is 52.9 Å². The van der Waals surface area contributed by atoms with E-state index < -0.39 is 0 Å². The highest BCUT2D eigenvalue weighted by molar-refractivity contribution is 5.03. The Morgan fingerprint density at radius 1 is 1.27 bits per heavy atom. The van der Waals surface area contributed by atoms with E-state index in [9.17, 15) is 0 Å². The van der Waals surface area contributed by atoms with E-state index in [1.807, 2.05) is 0 Å². The number of rotatable bonds is 4. The molecule has 15 heavy (non-hydrogen) atoms. The first-order chi connectivity index (χ1) is 7.16. The predicted octanol–water partition coefficient (Wildman–Crippen LogP) is 2.82. The summed E-state index contributed by atoms with van der Waals surface area (Å²) in [4.78, 5) is 2.72. The van der Waals surface area contributed by atoms with E-state index in [2.05, 4.69) is 25.7 Å². The largest absolute Gasteiger partial charge is 0.375 e. The van der Waals surface area contributed by atoms with Gasteiger partial charge >= 0.3 is 0 Å². The fourth-order valence-electron chi connectivity index (χ4n) is 2.89. The summed E-state index contributed by atoms with van der Waals surface area (Å²) in [7, 11) is 0. The van der Waals surface area contributed by atoms with Crippen molar-refractivity contribution >= 4 is 0 Å². The predicted molar refractivity (Wildman–Crippen MR) is 63.1 cm³/mol. The summed E-state index contributed by atoms with van der Waals surface area (Å²) in [5, 5.41) is 0. The SMILES string of the molecule is CCC1(N2CCC(OC(C)C)CC2)CC1. The summed E-state index contributed by atoms with van der Waals surface area (Å²) in [6.07, 6.45) is 7.58. The zero-order valence-corrected chi connectivity index (χ0v) is 10.5. The molecule has 2 rings (SSSR count). The maximum absolute atomic E-state index is 5.88. The molecular formula is C13H25NO. The van der Waals surface area contributed by atoms with Gasteiger partial charge < -0.3 is 4.74 Å². The fourth-order valence-corrected chi connectivity index (χ4v) is 2.89. The van der Waals surface area contributed by atoms with Gasteiger partial charge in [0.15, 0.2) is 0 Å². The van der Waals surface area contributed by atoms with Crippen molar-refractivity contribution in [2.24, 2.45) is 0 Å². The van der Waals surface area contributed by atoms with Crippen LogP contribution in [-0.2, 0) is 4.74 Å². The normalized spacial score (nSPS) is 27.2. The second kappa shape index (κ2) is 4.42. The summed E-state index contributed by atoms with van der Waals surface area (Å²) < 4.78 is 5.88. The second-order valence-corrected chi connectivity index (χ2v) is 5.45. The molecule has 0 aromatic heterocycles. The lowest BCUT2D eigenvalue weighted by atomic mass is 10.0. The number of hydrogen-bond donors (Lipinski definition) is 0. The molecule has 1 aliphatic heterocycles. The zero-order valence-electron chi connectivity index (χ0n) is 10.5. The highest BCUT2D eigenvalue weighted by Gasteiger charge is 2.46. The first-order valence-corrected chi connectivity index (χ1v) is 6.57. The van der Waals surface area contributed by atoms with Crippen molar-refractivity contribution in [3.05, 3.63) is 0 Å². The molecule has 1 saturated heterocycles. The van der Waals surface area contributed by atoms with E-state index in [1.165, 1.54) is 45.2 Å². The lowest BCUT2D eigenvalue weighted by molar-refractivity contribution is -0.0359. The molecule has 0 aromatic carbocycles. The van der Waals surface area contributed by atoms with Gasteiger partial charge in [0.1, 0.15) is 0 Å². The van der Waals surface area contributed by atoms with Crippen molar-refractivity contribution in [3.63, 3.8) is 0 Å². The zero-order chi connectivity index (χ0) is 10.9. The topological polar surface area (TPSA) is 12.5 Å². The number of likely N-dealkylation sites (tertiary alicyclic amines) is 1. The molecule has 0 atom stereocenters. The van der Waals surface area contributed by atoms with E-state index in [4.69, 9.17) is 4.74 Å². The molecule has 2 fully saturated rings. The van der Waals surface area contributed by atoms with E-state index in [-0.39, 0.29) is 0 Å². The van der Waals surface area contributed by atoms with Crippen LogP contribution in [0.5, 0.6) is 0 Å². The molecule has 2 nitrogen and oxygen atoms in total. The standard InChI is InChI=1S/C13H25NO/c1-4-13(7-8-13)14-9-5-12(6-10-14)15-11(2)3/h11-12H,4-10H2,1-3H3. The Morgan fingerprint density at radius 3 is 2.27 bits per heavy atom. The van der Waals surface area contributed by atoms with Gasteiger partial charge in [-0.05, 0) is 46.0 Å². The Balaban J connectivity index is 1.77. The van der Waals surface area contributed by atoms with Gasteiger partial charge in [0.25, 0.3) is 0 Å². The average molecular weight is 211 g/mol. The Morgan fingerprint density at radius 2 is 1.87 bits per heavy atom. The van der Waals surface area contributed by atoms with Gasteiger partial charge in [0, 0.05) is 18.6 Å². The summed E-state index contributed by atoms with van der Waals surface area (Å²) >= 11 is 0. The van der Waals surface area contributed by atoms with Gasteiger partial charge in [-0.15, -0.1) is 0 Å². The number of piperidine rings is 1. The van der Waals surface area contributed by atoms with Crippen LogP contribution in [0.25, 0.3) is 0 Å². The smallest absolute Gasteiger partial charge is 0.0603 e. The quantitative estimate of drug-likeness (QED) is 0.709. The van der Waals surface area contributed by atoms with Gasteiger partial charge in [0.05, 0.1) is 12.2 Å². The molecule has 0 N–H and O–H groups in total. The molecule has 0 spiro atoms. The van der Waals surface area contributed by atoms with E-state index in [1.54, 1.807) is 0 Å². The third-order valence-corrected chi connectivity index (χ3v) is 4.06. The van der Waals surface area contributed by atoms with Gasteiger partial charge in [-0.1, -0.05) is 6.92 Å². The van der Waals surface area contributed by atoms with Crippen LogP contribution in [0, 0.1) is 0 Å². The van der Waals surface area contributed by atoms with Crippen molar-refractivity contribution in [1.82, 2.24) is 4.90 Å². The van der Waals surface area contributed by atoms with Gasteiger partial charge in [-0.25, -0.2) is 0 Å². The molecule has 88 valence electrons. The van der Waals surface area contributed by atoms with Crippen LogP contribution in [0.4, 0.5) is 0 Å². The Hall–Kier alpha value is -0.0800. The molecule has 2 heteroatoms. The molecule has 0 amide bonds. The van der Waals surface area contributed by atoms with Crippen LogP contribution in [0.2, 0.25) is 0 Å². The van der Waals surface area contributed by atoms with Crippen molar-refractivity contribution in [2.75, 3.05) is 13.1 Å². The van der Waals surface area contributed by atoms with Crippen LogP contribution in [0.15, 0.2) is 0 Å². The van der Waals surface area contributed by atoms with Crippen molar-refractivity contribution in [3.8, 4) is 0 Å². The van der Waals surface area contributed by atoms with Gasteiger partial charge in [-0.2, -0.15) is 0 Å². The molecular weight excluding hydrogens is 186 g/mol. The minimum atomic E-state index is 0.391. The average Bonchev–Trinajstić information content (AvgIpc) is 2.99. The van der Waals surface area contributed by atoms with Gasteiger partial charge in [-0.3, -0.25) is 4.90 Å². The summed E-state index contributed by atoms with van der Waals surface area (Å²) in [6.45, 7) is 9.13. The molecule has 2 aliphatic rings. The van der Waals surface area contributed by atoms with Crippen molar-refractivity contribution in [1.29, 1.82) is 0 Å². The minimum Gasteiger partial charge on any atom is -0.375 e. The highest BCUT2D eigenvalue weighted by atomic mass is 16.5. The monoisotopic (exact) mass is 211 g/mol. The summed E-state index contributed by atoms with van der Waals surface area (Å²) in [6, 6.07) is 0. The Bertz CT molecular complexity index is 203. The molecule has 0 radical (unpaired) electrons. The van der Waals surface area contributed by atoms with E-state index in [0.717, 1.165) is 0 Å². The highest BCUT2D eigenvalue weighted by Crippen LogP contribution is 2.45. The maximum Gasteiger partial charge on any atom is 0.0603 e. The number of hydrogen-bond acceptors (Lipinski definition) is 2. The lowest BCUT2D eigenvalue weighted by Gasteiger charge is -2.38. The molecule has 0 aromatic rings. The summed E-state index contributed by atoms with van der Waals surface area (Å²) in [5.41, 5.74) is 0.614. The molecule has 0 bridgehead atoms. The second-order valence-electron chi connectivity index (χ2n) is 5.45. The molecule has 0 unspecified atom stereocenters. The van der Waals surface area contributed by atoms with E-state index in [0.29, 0.717) is 17.7 Å². The summed E-state index contributed by atoms with van der Waals surface area (Å²) in [5.74, 6) is 0. The van der Waals surface area contributed by atoms with Crippen LogP contribution < -0.4 is 0 Å². The molecule has 1 heterocycles. The number of ether oxygens (including phenoxy) is 1. The van der Waals surface area contributed by atoms with E-state index >= 15 is 0 Å². The van der Waals surface area contributed by atoms with Crippen molar-refractivity contribution in [2.45, 2.75) is 70.6 Å².